The van der Waals surface area contributed by atoms with E-state index in [4.69, 9.17) is 0 Å². The van der Waals surface area contributed by atoms with Gasteiger partial charge in [0.05, 0.1) is 0 Å². The largest absolute Gasteiger partial charge is 0.0649 e. The first-order chi connectivity index (χ1) is 7.89. The van der Waals surface area contributed by atoms with E-state index in [1.54, 1.807) is 0 Å². The molecule has 0 aromatic heterocycles. The van der Waals surface area contributed by atoms with E-state index in [0.717, 1.165) is 23.7 Å². The van der Waals surface area contributed by atoms with E-state index in [2.05, 4.69) is 41.5 Å². The molecule has 1 rings (SSSR count). The Morgan fingerprint density at radius 1 is 1.06 bits per heavy atom. The van der Waals surface area contributed by atoms with Gasteiger partial charge in [-0.2, -0.15) is 0 Å². The SMILES string of the molecule is CCC(C)(CC(C)C)C(C)C1CCC(C)CC1. The zero-order chi connectivity index (χ0) is 13.1. The van der Waals surface area contributed by atoms with Gasteiger partial charge in [0.2, 0.25) is 0 Å². The molecule has 0 spiro atoms. The molecule has 1 fully saturated rings. The van der Waals surface area contributed by atoms with Crippen molar-refractivity contribution in [3.8, 4) is 0 Å². The summed E-state index contributed by atoms with van der Waals surface area (Å²) in [6, 6.07) is 0. The van der Waals surface area contributed by atoms with Gasteiger partial charge in [-0.25, -0.2) is 0 Å². The Hall–Kier alpha value is 0. The van der Waals surface area contributed by atoms with Crippen LogP contribution >= 0.6 is 0 Å². The molecular formula is C17H34. The summed E-state index contributed by atoms with van der Waals surface area (Å²) in [5.41, 5.74) is 0.569. The maximum Gasteiger partial charge on any atom is -0.0298 e. The average molecular weight is 238 g/mol. The summed E-state index contributed by atoms with van der Waals surface area (Å²) in [6.45, 7) is 14.6. The average Bonchev–Trinajstić information content (AvgIpc) is 2.28. The maximum atomic E-state index is 2.54. The first-order valence-corrected chi connectivity index (χ1v) is 7.89. The third-order valence-electron chi connectivity index (χ3n) is 5.55. The highest BCUT2D eigenvalue weighted by molar-refractivity contribution is 4.86. The second kappa shape index (κ2) is 6.25. The number of hydrogen-bond acceptors (Lipinski definition) is 0. The lowest BCUT2D eigenvalue weighted by Crippen LogP contribution is -2.33. The van der Waals surface area contributed by atoms with Crippen LogP contribution in [0.4, 0.5) is 0 Å². The summed E-state index contributed by atoms with van der Waals surface area (Å²) >= 11 is 0. The van der Waals surface area contributed by atoms with E-state index in [0.29, 0.717) is 5.41 Å². The number of rotatable bonds is 5. The smallest absolute Gasteiger partial charge is 0.0298 e. The van der Waals surface area contributed by atoms with Gasteiger partial charge in [-0.05, 0) is 48.3 Å². The van der Waals surface area contributed by atoms with Crippen LogP contribution < -0.4 is 0 Å². The first-order valence-electron chi connectivity index (χ1n) is 7.89. The predicted molar refractivity (Wildman–Crippen MR) is 78.1 cm³/mol. The lowest BCUT2D eigenvalue weighted by molar-refractivity contribution is 0.0724. The Morgan fingerprint density at radius 2 is 1.59 bits per heavy atom. The maximum absolute atomic E-state index is 2.54. The summed E-state index contributed by atoms with van der Waals surface area (Å²) in [7, 11) is 0. The lowest BCUT2D eigenvalue weighted by Gasteiger charge is -2.43. The molecule has 0 aromatic rings. The van der Waals surface area contributed by atoms with Crippen molar-refractivity contribution in [2.45, 2.75) is 80.1 Å². The van der Waals surface area contributed by atoms with Crippen LogP contribution in [-0.4, -0.2) is 0 Å². The van der Waals surface area contributed by atoms with Crippen LogP contribution in [0.2, 0.25) is 0 Å². The van der Waals surface area contributed by atoms with Gasteiger partial charge in [0.1, 0.15) is 0 Å². The van der Waals surface area contributed by atoms with Gasteiger partial charge in [-0.1, -0.05) is 60.8 Å². The standard InChI is InChI=1S/C17H34/c1-7-17(6,12-13(2)3)15(5)16-10-8-14(4)9-11-16/h13-16H,7-12H2,1-6H3. The Bertz CT molecular complexity index is 210. The molecule has 1 saturated carbocycles. The molecule has 0 heteroatoms. The molecule has 0 aromatic carbocycles. The van der Waals surface area contributed by atoms with E-state index >= 15 is 0 Å². The highest BCUT2D eigenvalue weighted by Gasteiger charge is 2.36. The van der Waals surface area contributed by atoms with Crippen molar-refractivity contribution in [2.75, 3.05) is 0 Å². The molecule has 0 amide bonds. The Kier molecular flexibility index (Phi) is 5.54. The van der Waals surface area contributed by atoms with Crippen LogP contribution in [0.15, 0.2) is 0 Å². The third kappa shape index (κ3) is 4.00. The second-order valence-electron chi connectivity index (χ2n) is 7.41. The van der Waals surface area contributed by atoms with Crippen molar-refractivity contribution in [1.82, 2.24) is 0 Å². The van der Waals surface area contributed by atoms with E-state index in [1.165, 1.54) is 38.5 Å². The molecule has 0 aliphatic heterocycles. The summed E-state index contributed by atoms with van der Waals surface area (Å²) in [5.74, 6) is 3.72. The van der Waals surface area contributed by atoms with Gasteiger partial charge in [-0.15, -0.1) is 0 Å². The zero-order valence-electron chi connectivity index (χ0n) is 13.1. The van der Waals surface area contributed by atoms with E-state index in [-0.39, 0.29) is 0 Å². The van der Waals surface area contributed by atoms with Crippen LogP contribution in [0, 0.1) is 29.1 Å². The summed E-state index contributed by atoms with van der Waals surface area (Å²) < 4.78 is 0. The molecule has 2 atom stereocenters. The molecule has 17 heavy (non-hydrogen) atoms. The monoisotopic (exact) mass is 238 g/mol. The van der Waals surface area contributed by atoms with E-state index in [9.17, 15) is 0 Å². The third-order valence-corrected chi connectivity index (χ3v) is 5.55. The van der Waals surface area contributed by atoms with Crippen LogP contribution in [-0.2, 0) is 0 Å². The summed E-state index contributed by atoms with van der Waals surface area (Å²) in [6.07, 6.45) is 8.65. The quantitative estimate of drug-likeness (QED) is 0.558. The molecular weight excluding hydrogens is 204 g/mol. The highest BCUT2D eigenvalue weighted by Crippen LogP contribution is 2.46. The molecule has 0 bridgehead atoms. The van der Waals surface area contributed by atoms with Crippen molar-refractivity contribution in [3.05, 3.63) is 0 Å². The first kappa shape index (κ1) is 15.1. The summed E-state index contributed by atoms with van der Waals surface area (Å²) in [4.78, 5) is 0. The Morgan fingerprint density at radius 3 is 2.00 bits per heavy atom. The van der Waals surface area contributed by atoms with Gasteiger partial charge < -0.3 is 0 Å². The topological polar surface area (TPSA) is 0 Å². The fourth-order valence-corrected chi connectivity index (χ4v) is 3.94. The molecule has 1 aliphatic rings. The van der Waals surface area contributed by atoms with Gasteiger partial charge >= 0.3 is 0 Å². The van der Waals surface area contributed by atoms with Crippen molar-refractivity contribution < 1.29 is 0 Å². The fraction of sp³-hybridized carbons (Fsp3) is 1.00. The molecule has 0 nitrogen and oxygen atoms in total. The summed E-state index contributed by atoms with van der Waals surface area (Å²) in [5, 5.41) is 0. The van der Waals surface area contributed by atoms with Crippen LogP contribution in [0.25, 0.3) is 0 Å². The lowest BCUT2D eigenvalue weighted by atomic mass is 9.62. The minimum atomic E-state index is 0.569. The fourth-order valence-electron chi connectivity index (χ4n) is 3.94. The normalized spacial score (nSPS) is 31.2. The minimum absolute atomic E-state index is 0.569. The van der Waals surface area contributed by atoms with Crippen LogP contribution in [0.5, 0.6) is 0 Å². The highest BCUT2D eigenvalue weighted by atomic mass is 14.4. The van der Waals surface area contributed by atoms with Gasteiger partial charge in [0, 0.05) is 0 Å². The number of hydrogen-bond donors (Lipinski definition) is 0. The Labute approximate surface area is 110 Å². The molecule has 0 radical (unpaired) electrons. The minimum Gasteiger partial charge on any atom is -0.0649 e. The molecule has 0 heterocycles. The molecule has 0 saturated heterocycles. The van der Waals surface area contributed by atoms with E-state index in [1.807, 2.05) is 0 Å². The van der Waals surface area contributed by atoms with Gasteiger partial charge in [-0.3, -0.25) is 0 Å². The van der Waals surface area contributed by atoms with Gasteiger partial charge in [0.15, 0.2) is 0 Å². The van der Waals surface area contributed by atoms with Crippen molar-refractivity contribution in [1.29, 1.82) is 0 Å². The van der Waals surface area contributed by atoms with E-state index < -0.39 is 0 Å². The van der Waals surface area contributed by atoms with Crippen molar-refractivity contribution in [2.24, 2.45) is 29.1 Å². The molecule has 0 N–H and O–H groups in total. The predicted octanol–water partition coefficient (Wildman–Crippen LogP) is 5.91. The Balaban J connectivity index is 2.61. The van der Waals surface area contributed by atoms with Crippen LogP contribution in [0.3, 0.4) is 0 Å². The molecule has 102 valence electrons. The zero-order valence-corrected chi connectivity index (χ0v) is 13.1. The van der Waals surface area contributed by atoms with Gasteiger partial charge in [0.25, 0.3) is 0 Å². The molecule has 1 aliphatic carbocycles. The second-order valence-corrected chi connectivity index (χ2v) is 7.41. The van der Waals surface area contributed by atoms with Crippen molar-refractivity contribution in [3.63, 3.8) is 0 Å². The molecule has 2 unspecified atom stereocenters. The van der Waals surface area contributed by atoms with Crippen molar-refractivity contribution >= 4 is 0 Å². The van der Waals surface area contributed by atoms with Crippen LogP contribution in [0.1, 0.15) is 80.1 Å².